The van der Waals surface area contributed by atoms with Crippen LogP contribution in [0.4, 0.5) is 0 Å². The molecular formula is C15H26O2SSn. The molecule has 0 bridgehead atoms. The minimum atomic E-state index is -3.17. The zero-order valence-electron chi connectivity index (χ0n) is 13.1. The van der Waals surface area contributed by atoms with Crippen molar-refractivity contribution in [2.24, 2.45) is 0 Å². The molecule has 0 amide bonds. The van der Waals surface area contributed by atoms with E-state index in [0.717, 1.165) is 0 Å². The molecule has 4 heteroatoms. The van der Waals surface area contributed by atoms with Crippen LogP contribution in [-0.4, -0.2) is 30.1 Å². The molecule has 0 aliphatic carbocycles. The van der Waals surface area contributed by atoms with Gasteiger partial charge in [0.25, 0.3) is 0 Å². The van der Waals surface area contributed by atoms with Gasteiger partial charge in [-0.25, -0.2) is 0 Å². The van der Waals surface area contributed by atoms with Gasteiger partial charge >= 0.3 is 123 Å². The van der Waals surface area contributed by atoms with E-state index in [9.17, 15) is 8.42 Å². The molecule has 0 N–H and O–H groups in total. The van der Waals surface area contributed by atoms with E-state index in [-0.39, 0.29) is 8.68 Å². The summed E-state index contributed by atoms with van der Waals surface area (Å²) < 4.78 is 25.0. The number of benzene rings is 1. The van der Waals surface area contributed by atoms with Gasteiger partial charge in [-0.1, -0.05) is 0 Å². The van der Waals surface area contributed by atoms with Crippen LogP contribution < -0.4 is 0 Å². The molecule has 1 rings (SSSR count). The average Bonchev–Trinajstić information content (AvgIpc) is 2.25. The number of hydrogen-bond donors (Lipinski definition) is 0. The van der Waals surface area contributed by atoms with Crippen LogP contribution in [0.5, 0.6) is 0 Å². The Labute approximate surface area is 122 Å². The van der Waals surface area contributed by atoms with Crippen LogP contribution in [0.3, 0.4) is 0 Å². The molecule has 0 saturated carbocycles. The predicted octanol–water partition coefficient (Wildman–Crippen LogP) is 4.02. The van der Waals surface area contributed by atoms with Crippen LogP contribution in [-0.2, 0) is 15.3 Å². The second-order valence-electron chi connectivity index (χ2n) is 7.33. The Bertz CT molecular complexity index is 531. The molecule has 0 radical (unpaired) electrons. The van der Waals surface area contributed by atoms with Crippen LogP contribution in [0.25, 0.3) is 0 Å². The molecule has 0 saturated heterocycles. The van der Waals surface area contributed by atoms with Crippen molar-refractivity contribution >= 4 is 28.2 Å². The summed E-state index contributed by atoms with van der Waals surface area (Å²) in [6, 6.07) is 7.42. The zero-order valence-corrected chi connectivity index (χ0v) is 16.8. The Morgan fingerprint density at radius 2 is 1.42 bits per heavy atom. The van der Waals surface area contributed by atoms with Crippen molar-refractivity contribution in [1.82, 2.24) is 0 Å². The molecule has 0 heterocycles. The molecular weight excluding hydrogens is 363 g/mol. The van der Waals surface area contributed by atoms with Gasteiger partial charge in [-0.05, 0) is 0 Å². The molecule has 19 heavy (non-hydrogen) atoms. The normalized spacial score (nSPS) is 15.3. The zero-order chi connectivity index (χ0) is 15.1. The molecule has 0 spiro atoms. The van der Waals surface area contributed by atoms with Crippen molar-refractivity contribution in [2.75, 3.05) is 0 Å². The van der Waals surface area contributed by atoms with Gasteiger partial charge in [0.05, 0.1) is 0 Å². The molecule has 1 atom stereocenters. The van der Waals surface area contributed by atoms with E-state index in [2.05, 4.69) is 35.6 Å². The van der Waals surface area contributed by atoms with Gasteiger partial charge in [-0.15, -0.1) is 0 Å². The quantitative estimate of drug-likeness (QED) is 0.732. The number of sulfone groups is 1. The van der Waals surface area contributed by atoms with E-state index >= 15 is 0 Å². The first-order chi connectivity index (χ1) is 8.37. The van der Waals surface area contributed by atoms with Crippen LogP contribution in [0, 0.1) is 0 Å². The standard InChI is InChI=1S/C12H17O2S.3CH3.Sn/c1-5-15(13,14)11-8-6-10(7-9-11)12(2,3)4;;;;/h5-9H,1-4H3;3*1H3;. The number of rotatable bonds is 3. The molecule has 108 valence electrons. The summed E-state index contributed by atoms with van der Waals surface area (Å²) in [5, 5.41) is 0. The Morgan fingerprint density at radius 3 is 1.74 bits per heavy atom. The first-order valence-electron chi connectivity index (χ1n) is 6.71. The van der Waals surface area contributed by atoms with Crippen molar-refractivity contribution in [3.8, 4) is 0 Å². The third kappa shape index (κ3) is 3.97. The Kier molecular flexibility index (Phi) is 4.83. The molecule has 0 aliphatic rings. The van der Waals surface area contributed by atoms with Crippen LogP contribution in [0.2, 0.25) is 14.8 Å². The van der Waals surface area contributed by atoms with E-state index in [0.29, 0.717) is 4.90 Å². The second kappa shape index (κ2) is 5.39. The third-order valence-corrected chi connectivity index (χ3v) is 20.0. The molecule has 1 unspecified atom stereocenters. The van der Waals surface area contributed by atoms with Gasteiger partial charge in [-0.2, -0.15) is 0 Å². The maximum absolute atomic E-state index is 12.6. The fraction of sp³-hybridized carbons (Fsp3) is 0.600. The minimum absolute atomic E-state index is 0.0527. The van der Waals surface area contributed by atoms with E-state index in [1.807, 2.05) is 19.1 Å². The summed E-state index contributed by atoms with van der Waals surface area (Å²) in [7, 11) is -3.17. The topological polar surface area (TPSA) is 34.1 Å². The van der Waals surface area contributed by atoms with Gasteiger partial charge in [-0.3, -0.25) is 0 Å². The van der Waals surface area contributed by atoms with Crippen molar-refractivity contribution in [3.05, 3.63) is 29.8 Å². The van der Waals surface area contributed by atoms with E-state index in [1.54, 1.807) is 12.1 Å². The van der Waals surface area contributed by atoms with Crippen molar-refractivity contribution in [1.29, 1.82) is 0 Å². The monoisotopic (exact) mass is 390 g/mol. The number of hydrogen-bond acceptors (Lipinski definition) is 2. The van der Waals surface area contributed by atoms with Crippen LogP contribution >= 0.6 is 0 Å². The van der Waals surface area contributed by atoms with Gasteiger partial charge < -0.3 is 0 Å². The summed E-state index contributed by atoms with van der Waals surface area (Å²) in [6.07, 6.45) is 0. The molecule has 1 aromatic carbocycles. The van der Waals surface area contributed by atoms with E-state index in [1.165, 1.54) is 5.56 Å². The summed E-state index contributed by atoms with van der Waals surface area (Å²) in [5.74, 6) is 0. The fourth-order valence-electron chi connectivity index (χ4n) is 1.81. The summed E-state index contributed by atoms with van der Waals surface area (Å²) in [5.41, 5.74) is 1.22. The summed E-state index contributed by atoms with van der Waals surface area (Å²) in [6.45, 7) is 8.27. The van der Waals surface area contributed by atoms with Gasteiger partial charge in [0.15, 0.2) is 0 Å². The second-order valence-corrected chi connectivity index (χ2v) is 26.8. The van der Waals surface area contributed by atoms with E-state index < -0.39 is 28.2 Å². The molecule has 0 fully saturated rings. The molecule has 0 aromatic heterocycles. The summed E-state index contributed by atoms with van der Waals surface area (Å²) >= 11 is -2.46. The summed E-state index contributed by atoms with van der Waals surface area (Å²) in [4.78, 5) is 6.97. The Balaban J connectivity index is 3.18. The molecule has 1 aromatic rings. The van der Waals surface area contributed by atoms with Gasteiger partial charge in [0.1, 0.15) is 0 Å². The van der Waals surface area contributed by atoms with Crippen LogP contribution in [0.15, 0.2) is 29.2 Å². The van der Waals surface area contributed by atoms with Gasteiger partial charge in [0.2, 0.25) is 0 Å². The maximum atomic E-state index is 12.6. The molecule has 0 aliphatic heterocycles. The van der Waals surface area contributed by atoms with Crippen molar-refractivity contribution < 1.29 is 8.42 Å². The first kappa shape index (κ1) is 17.0. The van der Waals surface area contributed by atoms with Crippen LogP contribution in [0.1, 0.15) is 33.3 Å². The average molecular weight is 389 g/mol. The fourth-order valence-corrected chi connectivity index (χ4v) is 12.8. The Morgan fingerprint density at radius 1 is 1.00 bits per heavy atom. The SMILES string of the molecule is C[CH](S(=O)(=O)c1ccc(C(C)(C)C)cc1)[Sn]([CH3])([CH3])[CH3]. The predicted molar refractivity (Wildman–Crippen MR) is 85.1 cm³/mol. The van der Waals surface area contributed by atoms with Crippen molar-refractivity contribution in [3.63, 3.8) is 0 Å². The van der Waals surface area contributed by atoms with Gasteiger partial charge in [0, 0.05) is 0 Å². The molecule has 2 nitrogen and oxygen atoms in total. The Hall–Kier alpha value is -0.0313. The van der Waals surface area contributed by atoms with E-state index in [4.69, 9.17) is 0 Å². The first-order valence-corrected chi connectivity index (χ1v) is 18.5. The van der Waals surface area contributed by atoms with Crippen molar-refractivity contribution in [2.45, 2.75) is 56.1 Å². The third-order valence-electron chi connectivity index (χ3n) is 3.73.